The monoisotopic (exact) mass is 430 g/mol. The highest BCUT2D eigenvalue weighted by molar-refractivity contribution is 7.16. The van der Waals surface area contributed by atoms with Crippen molar-refractivity contribution in [2.75, 3.05) is 27.4 Å². The van der Waals surface area contributed by atoms with Gasteiger partial charge in [0.05, 0.1) is 31.0 Å². The fraction of sp³-hybridized carbons (Fsp3) is 0.286. The Morgan fingerprint density at radius 3 is 2.50 bits per heavy atom. The number of ether oxygens (including phenoxy) is 4. The van der Waals surface area contributed by atoms with Gasteiger partial charge in [0, 0.05) is 6.07 Å². The van der Waals surface area contributed by atoms with Crippen LogP contribution in [-0.2, 0) is 20.9 Å². The summed E-state index contributed by atoms with van der Waals surface area (Å²) in [5, 5.41) is 0. The topological polar surface area (TPSA) is 88.4 Å². The van der Waals surface area contributed by atoms with Gasteiger partial charge in [-0.3, -0.25) is 9.59 Å². The number of hydrogen-bond donors (Lipinski definition) is 0. The van der Waals surface area contributed by atoms with E-state index in [0.29, 0.717) is 22.0 Å². The van der Waals surface area contributed by atoms with E-state index in [1.807, 2.05) is 12.1 Å². The maximum atomic E-state index is 12.4. The van der Waals surface area contributed by atoms with Gasteiger partial charge in [0.25, 0.3) is 5.91 Å². The Balaban J connectivity index is 1.88. The van der Waals surface area contributed by atoms with Gasteiger partial charge < -0.3 is 23.5 Å². The summed E-state index contributed by atoms with van der Waals surface area (Å²) >= 11 is 1.28. The minimum Gasteiger partial charge on any atom is -0.497 e. The van der Waals surface area contributed by atoms with Crippen LogP contribution in [0, 0.1) is 0 Å². The van der Waals surface area contributed by atoms with E-state index < -0.39 is 11.9 Å². The highest BCUT2D eigenvalue weighted by Crippen LogP contribution is 2.23. The predicted octanol–water partition coefficient (Wildman–Crippen LogP) is 2.79. The molecule has 1 aromatic heterocycles. The molecule has 0 saturated heterocycles. The lowest BCUT2D eigenvalue weighted by Crippen LogP contribution is -2.24. The number of nitrogens with zero attached hydrogens (tertiary/aromatic N) is 2. The van der Waals surface area contributed by atoms with E-state index in [0.717, 1.165) is 10.2 Å². The highest BCUT2D eigenvalue weighted by atomic mass is 32.1. The van der Waals surface area contributed by atoms with Crippen LogP contribution in [0.5, 0.6) is 17.2 Å². The van der Waals surface area contributed by atoms with Crippen LogP contribution in [0.1, 0.15) is 6.92 Å². The van der Waals surface area contributed by atoms with Gasteiger partial charge in [0.2, 0.25) is 0 Å². The fourth-order valence-electron chi connectivity index (χ4n) is 2.73. The van der Waals surface area contributed by atoms with Crippen LogP contribution >= 0.6 is 11.3 Å². The molecule has 30 heavy (non-hydrogen) atoms. The summed E-state index contributed by atoms with van der Waals surface area (Å²) in [4.78, 5) is 29.0. The molecule has 0 atom stereocenters. The smallest absolute Gasteiger partial charge is 0.326 e. The van der Waals surface area contributed by atoms with Gasteiger partial charge >= 0.3 is 5.97 Å². The quantitative estimate of drug-likeness (QED) is 0.511. The molecule has 3 aromatic rings. The van der Waals surface area contributed by atoms with Crippen molar-refractivity contribution in [1.29, 1.82) is 0 Å². The SMILES string of the molecule is CCOC(=O)Cn1c(=NC(=O)COc2cccc(OC)c2)sc2cc(OC)ccc21. The second kappa shape index (κ2) is 9.93. The standard InChI is InChI=1S/C21H22N2O6S/c1-4-28-20(25)12-23-17-9-8-15(27-3)11-18(17)30-21(23)22-19(24)13-29-16-7-5-6-14(10-16)26-2/h5-11H,4,12-13H2,1-3H3. The maximum Gasteiger partial charge on any atom is 0.326 e. The number of thiazole rings is 1. The lowest BCUT2D eigenvalue weighted by Gasteiger charge is -2.06. The molecular formula is C21H22N2O6S. The molecule has 0 unspecified atom stereocenters. The zero-order chi connectivity index (χ0) is 21.5. The minimum absolute atomic E-state index is 0.0526. The molecule has 0 fully saturated rings. The van der Waals surface area contributed by atoms with Crippen molar-refractivity contribution < 1.29 is 28.5 Å². The molecule has 0 N–H and O–H groups in total. The molecule has 0 saturated carbocycles. The normalized spacial score (nSPS) is 11.4. The third-order valence-electron chi connectivity index (χ3n) is 4.11. The third kappa shape index (κ3) is 5.18. The first kappa shape index (κ1) is 21.4. The maximum absolute atomic E-state index is 12.4. The zero-order valence-electron chi connectivity index (χ0n) is 16.9. The largest absolute Gasteiger partial charge is 0.497 e. The second-order valence-electron chi connectivity index (χ2n) is 6.08. The first-order chi connectivity index (χ1) is 14.5. The van der Waals surface area contributed by atoms with E-state index in [-0.39, 0.29) is 19.8 Å². The number of amides is 1. The number of methoxy groups -OCH3 is 2. The van der Waals surface area contributed by atoms with Crippen LogP contribution in [0.4, 0.5) is 0 Å². The number of carbonyl (C=O) groups is 2. The molecule has 1 heterocycles. The molecule has 8 nitrogen and oxygen atoms in total. The van der Waals surface area contributed by atoms with Gasteiger partial charge in [-0.1, -0.05) is 17.4 Å². The molecule has 9 heteroatoms. The van der Waals surface area contributed by atoms with Crippen molar-refractivity contribution in [1.82, 2.24) is 4.57 Å². The van der Waals surface area contributed by atoms with Gasteiger partial charge in [-0.25, -0.2) is 0 Å². The van der Waals surface area contributed by atoms with Gasteiger partial charge in [-0.2, -0.15) is 4.99 Å². The minimum atomic E-state index is -0.478. The molecule has 158 valence electrons. The van der Waals surface area contributed by atoms with Crippen molar-refractivity contribution >= 4 is 33.4 Å². The number of esters is 1. The van der Waals surface area contributed by atoms with Crippen molar-refractivity contribution in [3.05, 3.63) is 47.3 Å². The Kier molecular flexibility index (Phi) is 7.08. The Morgan fingerprint density at radius 2 is 1.77 bits per heavy atom. The molecule has 0 aliphatic rings. The van der Waals surface area contributed by atoms with Crippen LogP contribution in [0.2, 0.25) is 0 Å². The molecule has 0 bridgehead atoms. The lowest BCUT2D eigenvalue weighted by atomic mass is 10.3. The van der Waals surface area contributed by atoms with Crippen LogP contribution in [0.15, 0.2) is 47.5 Å². The third-order valence-corrected chi connectivity index (χ3v) is 5.15. The predicted molar refractivity (Wildman–Crippen MR) is 112 cm³/mol. The summed E-state index contributed by atoms with van der Waals surface area (Å²) in [6, 6.07) is 12.4. The molecule has 1 amide bonds. The number of rotatable bonds is 8. The average molecular weight is 430 g/mol. The summed E-state index contributed by atoms with van der Waals surface area (Å²) in [6.45, 7) is 1.71. The second-order valence-corrected chi connectivity index (χ2v) is 7.09. The van der Waals surface area contributed by atoms with E-state index in [2.05, 4.69) is 4.99 Å². The summed E-state index contributed by atoms with van der Waals surface area (Å²) in [7, 11) is 3.13. The van der Waals surface area contributed by atoms with E-state index in [4.69, 9.17) is 18.9 Å². The summed E-state index contributed by atoms with van der Waals surface area (Å²) in [6.07, 6.45) is 0. The van der Waals surface area contributed by atoms with Crippen molar-refractivity contribution in [3.8, 4) is 17.2 Å². The number of benzene rings is 2. The molecular weight excluding hydrogens is 408 g/mol. The number of hydrogen-bond acceptors (Lipinski definition) is 7. The van der Waals surface area contributed by atoms with Gasteiger partial charge in [0.15, 0.2) is 11.4 Å². The van der Waals surface area contributed by atoms with Gasteiger partial charge in [0.1, 0.15) is 23.8 Å². The summed E-state index contributed by atoms with van der Waals surface area (Å²) in [5.74, 6) is 0.913. The lowest BCUT2D eigenvalue weighted by molar-refractivity contribution is -0.143. The Bertz CT molecular complexity index is 1120. The van der Waals surface area contributed by atoms with Crippen molar-refractivity contribution in [3.63, 3.8) is 0 Å². The van der Waals surface area contributed by atoms with Crippen molar-refractivity contribution in [2.24, 2.45) is 4.99 Å². The molecule has 0 radical (unpaired) electrons. The molecule has 2 aromatic carbocycles. The zero-order valence-corrected chi connectivity index (χ0v) is 17.7. The van der Waals surface area contributed by atoms with E-state index in [1.165, 1.54) is 11.3 Å². The number of aromatic nitrogens is 1. The van der Waals surface area contributed by atoms with E-state index >= 15 is 0 Å². The van der Waals surface area contributed by atoms with Crippen LogP contribution in [0.3, 0.4) is 0 Å². The number of carbonyl (C=O) groups excluding carboxylic acids is 2. The number of fused-ring (bicyclic) bond motifs is 1. The van der Waals surface area contributed by atoms with Crippen molar-refractivity contribution in [2.45, 2.75) is 13.5 Å². The van der Waals surface area contributed by atoms with Crippen LogP contribution in [-0.4, -0.2) is 43.9 Å². The first-order valence-electron chi connectivity index (χ1n) is 9.21. The van der Waals surface area contributed by atoms with Gasteiger partial charge in [-0.15, -0.1) is 0 Å². The molecule has 0 spiro atoms. The van der Waals surface area contributed by atoms with E-state index in [1.54, 1.807) is 56.0 Å². The molecule has 0 aliphatic carbocycles. The summed E-state index contributed by atoms with van der Waals surface area (Å²) < 4.78 is 23.4. The first-order valence-corrected chi connectivity index (χ1v) is 10.0. The van der Waals surface area contributed by atoms with Gasteiger partial charge in [-0.05, 0) is 37.3 Å². The van der Waals surface area contributed by atoms with Crippen LogP contribution in [0.25, 0.3) is 10.2 Å². The fourth-order valence-corrected chi connectivity index (χ4v) is 3.80. The molecule has 0 aliphatic heterocycles. The highest BCUT2D eigenvalue weighted by Gasteiger charge is 2.13. The Morgan fingerprint density at radius 1 is 1.03 bits per heavy atom. The summed E-state index contributed by atoms with van der Waals surface area (Å²) in [5.41, 5.74) is 0.758. The Hall–Kier alpha value is -3.33. The van der Waals surface area contributed by atoms with E-state index in [9.17, 15) is 9.59 Å². The van der Waals surface area contributed by atoms with Crippen LogP contribution < -0.4 is 19.0 Å². The Labute approximate surface area is 177 Å². The average Bonchev–Trinajstić information content (AvgIpc) is 3.08. The molecule has 3 rings (SSSR count).